The molecule has 1 aromatic rings. The van der Waals surface area contributed by atoms with Gasteiger partial charge in [0.05, 0.1) is 19.2 Å². The fraction of sp³-hybridized carbons (Fsp3) is 0.909. The molecule has 2 rings (SSSR count). The Morgan fingerprint density at radius 3 is 2.94 bits per heavy atom. The van der Waals surface area contributed by atoms with Crippen LogP contribution in [0.2, 0.25) is 0 Å². The molecule has 1 N–H and O–H groups in total. The zero-order valence-corrected chi connectivity index (χ0v) is 10.8. The molecule has 1 aromatic heterocycles. The summed E-state index contributed by atoms with van der Waals surface area (Å²) >= 11 is 0. The number of hydrogen-bond acceptors (Lipinski definition) is 5. The van der Waals surface area contributed by atoms with Crippen molar-refractivity contribution in [3.63, 3.8) is 0 Å². The van der Waals surface area contributed by atoms with Crippen molar-refractivity contribution in [2.24, 2.45) is 5.92 Å². The molecular formula is C11H21N5O. The summed E-state index contributed by atoms with van der Waals surface area (Å²) in [6.45, 7) is 8.77. The third-order valence-corrected chi connectivity index (χ3v) is 3.26. The van der Waals surface area contributed by atoms with E-state index in [2.05, 4.69) is 41.6 Å². The lowest BCUT2D eigenvalue weighted by molar-refractivity contribution is 0.172. The average Bonchev–Trinajstić information content (AvgIpc) is 2.96. The Hall–Kier alpha value is -1.01. The van der Waals surface area contributed by atoms with Crippen molar-refractivity contribution in [1.29, 1.82) is 0 Å². The van der Waals surface area contributed by atoms with Crippen LogP contribution in [0.4, 0.5) is 0 Å². The van der Waals surface area contributed by atoms with Gasteiger partial charge in [-0.1, -0.05) is 13.8 Å². The van der Waals surface area contributed by atoms with E-state index in [1.165, 1.54) is 0 Å². The first-order valence-corrected chi connectivity index (χ1v) is 6.26. The van der Waals surface area contributed by atoms with E-state index in [1.54, 1.807) is 0 Å². The van der Waals surface area contributed by atoms with Crippen molar-refractivity contribution >= 4 is 0 Å². The van der Waals surface area contributed by atoms with Gasteiger partial charge in [-0.25, -0.2) is 4.68 Å². The van der Waals surface area contributed by atoms with E-state index < -0.39 is 0 Å². The number of hydrogen-bond donors (Lipinski definition) is 1. The van der Waals surface area contributed by atoms with Crippen LogP contribution in [0.5, 0.6) is 0 Å². The van der Waals surface area contributed by atoms with Gasteiger partial charge in [0.1, 0.15) is 0 Å². The zero-order valence-electron chi connectivity index (χ0n) is 10.8. The SMILES string of the molecule is CC(C)NCc1nnnn1C(C)C1CCOC1. The molecule has 0 aromatic carbocycles. The van der Waals surface area contributed by atoms with Gasteiger partial charge >= 0.3 is 0 Å². The minimum Gasteiger partial charge on any atom is -0.381 e. The van der Waals surface area contributed by atoms with E-state index in [9.17, 15) is 0 Å². The highest BCUT2D eigenvalue weighted by Crippen LogP contribution is 2.25. The molecule has 2 atom stereocenters. The first kappa shape index (κ1) is 12.4. The number of rotatable bonds is 5. The van der Waals surface area contributed by atoms with Gasteiger partial charge in [0, 0.05) is 18.6 Å². The third-order valence-electron chi connectivity index (χ3n) is 3.26. The van der Waals surface area contributed by atoms with Gasteiger partial charge in [0.2, 0.25) is 0 Å². The van der Waals surface area contributed by atoms with E-state index in [4.69, 9.17) is 4.74 Å². The highest BCUT2D eigenvalue weighted by Gasteiger charge is 2.26. The maximum absolute atomic E-state index is 5.42. The summed E-state index contributed by atoms with van der Waals surface area (Å²) in [7, 11) is 0. The van der Waals surface area contributed by atoms with Crippen LogP contribution < -0.4 is 5.32 Å². The van der Waals surface area contributed by atoms with Gasteiger partial charge in [0.25, 0.3) is 0 Å². The van der Waals surface area contributed by atoms with Crippen molar-refractivity contribution in [2.45, 2.75) is 45.8 Å². The number of aromatic nitrogens is 4. The average molecular weight is 239 g/mol. The van der Waals surface area contributed by atoms with E-state index in [0.717, 1.165) is 25.5 Å². The molecule has 6 heteroatoms. The molecule has 2 unspecified atom stereocenters. The predicted molar refractivity (Wildman–Crippen MR) is 63.4 cm³/mol. The lowest BCUT2D eigenvalue weighted by Gasteiger charge is -2.19. The topological polar surface area (TPSA) is 64.9 Å². The molecular weight excluding hydrogens is 218 g/mol. The summed E-state index contributed by atoms with van der Waals surface area (Å²) in [5, 5.41) is 15.3. The molecule has 0 saturated carbocycles. The second kappa shape index (κ2) is 5.55. The van der Waals surface area contributed by atoms with Gasteiger partial charge in [-0.2, -0.15) is 0 Å². The Morgan fingerprint density at radius 1 is 1.47 bits per heavy atom. The molecule has 0 aliphatic carbocycles. The summed E-state index contributed by atoms with van der Waals surface area (Å²) in [5.41, 5.74) is 0. The molecule has 17 heavy (non-hydrogen) atoms. The Bertz CT molecular complexity index is 345. The fourth-order valence-corrected chi connectivity index (χ4v) is 2.07. The quantitative estimate of drug-likeness (QED) is 0.822. The lowest BCUT2D eigenvalue weighted by atomic mass is 10.0. The van der Waals surface area contributed by atoms with Crippen molar-refractivity contribution in [1.82, 2.24) is 25.5 Å². The van der Waals surface area contributed by atoms with E-state index in [0.29, 0.717) is 24.5 Å². The van der Waals surface area contributed by atoms with Crippen molar-refractivity contribution < 1.29 is 4.74 Å². The largest absolute Gasteiger partial charge is 0.381 e. The van der Waals surface area contributed by atoms with Crippen LogP contribution in [0.3, 0.4) is 0 Å². The second-order valence-corrected chi connectivity index (χ2v) is 4.94. The van der Waals surface area contributed by atoms with E-state index >= 15 is 0 Å². The van der Waals surface area contributed by atoms with Crippen molar-refractivity contribution in [3.05, 3.63) is 5.82 Å². The van der Waals surface area contributed by atoms with E-state index in [-0.39, 0.29) is 0 Å². The van der Waals surface area contributed by atoms with Gasteiger partial charge < -0.3 is 10.1 Å². The van der Waals surface area contributed by atoms with Gasteiger partial charge in [-0.3, -0.25) is 0 Å². The monoisotopic (exact) mass is 239 g/mol. The normalized spacial score (nSPS) is 22.2. The smallest absolute Gasteiger partial charge is 0.165 e. The van der Waals surface area contributed by atoms with Crippen LogP contribution in [-0.2, 0) is 11.3 Å². The number of ether oxygens (including phenoxy) is 1. The number of tetrazole rings is 1. The molecule has 1 aliphatic heterocycles. The number of nitrogens with one attached hydrogen (secondary N) is 1. The van der Waals surface area contributed by atoms with Gasteiger partial charge in [0.15, 0.2) is 5.82 Å². The Labute approximate surface area is 102 Å². The molecule has 96 valence electrons. The first-order valence-electron chi connectivity index (χ1n) is 6.26. The van der Waals surface area contributed by atoms with E-state index in [1.807, 2.05) is 4.68 Å². The fourth-order valence-electron chi connectivity index (χ4n) is 2.07. The maximum atomic E-state index is 5.42. The predicted octanol–water partition coefficient (Wildman–Crippen LogP) is 0.769. The third kappa shape index (κ3) is 3.01. The molecule has 0 spiro atoms. The van der Waals surface area contributed by atoms with Crippen LogP contribution in [0.15, 0.2) is 0 Å². The van der Waals surface area contributed by atoms with Crippen LogP contribution >= 0.6 is 0 Å². The minimum absolute atomic E-state index is 0.302. The highest BCUT2D eigenvalue weighted by molar-refractivity contribution is 4.86. The van der Waals surface area contributed by atoms with Gasteiger partial charge in [-0.05, 0) is 23.8 Å². The zero-order chi connectivity index (χ0) is 12.3. The van der Waals surface area contributed by atoms with Crippen molar-refractivity contribution in [2.75, 3.05) is 13.2 Å². The minimum atomic E-state index is 0.302. The van der Waals surface area contributed by atoms with Crippen LogP contribution in [0, 0.1) is 5.92 Å². The Balaban J connectivity index is 2.01. The summed E-state index contributed by atoms with van der Waals surface area (Å²) in [6, 6.07) is 0.738. The summed E-state index contributed by atoms with van der Waals surface area (Å²) < 4.78 is 7.34. The standard InChI is InChI=1S/C11H21N5O/c1-8(2)12-6-11-13-14-15-16(11)9(3)10-4-5-17-7-10/h8-10,12H,4-7H2,1-3H3. The lowest BCUT2D eigenvalue weighted by Crippen LogP contribution is -2.27. The molecule has 1 aliphatic rings. The molecule has 1 fully saturated rings. The molecule has 0 radical (unpaired) electrons. The second-order valence-electron chi connectivity index (χ2n) is 4.94. The molecule has 2 heterocycles. The van der Waals surface area contributed by atoms with Crippen LogP contribution in [0.1, 0.15) is 39.1 Å². The Morgan fingerprint density at radius 2 is 2.29 bits per heavy atom. The number of nitrogens with zero attached hydrogens (tertiary/aromatic N) is 4. The molecule has 6 nitrogen and oxygen atoms in total. The first-order chi connectivity index (χ1) is 8.18. The van der Waals surface area contributed by atoms with Gasteiger partial charge in [-0.15, -0.1) is 5.10 Å². The maximum Gasteiger partial charge on any atom is 0.165 e. The van der Waals surface area contributed by atoms with Crippen molar-refractivity contribution in [3.8, 4) is 0 Å². The summed E-state index contributed by atoms with van der Waals surface area (Å²) in [6.07, 6.45) is 1.10. The molecule has 0 bridgehead atoms. The van der Waals surface area contributed by atoms with Crippen LogP contribution in [-0.4, -0.2) is 39.5 Å². The summed E-state index contributed by atoms with van der Waals surface area (Å²) in [5.74, 6) is 1.43. The molecule has 1 saturated heterocycles. The molecule has 0 amide bonds. The Kier molecular flexibility index (Phi) is 4.06. The highest BCUT2D eigenvalue weighted by atomic mass is 16.5. The van der Waals surface area contributed by atoms with Crippen LogP contribution in [0.25, 0.3) is 0 Å². The summed E-state index contributed by atoms with van der Waals surface area (Å²) in [4.78, 5) is 0.